The first kappa shape index (κ1) is 11.1. The van der Waals surface area contributed by atoms with Crippen LogP contribution in [-0.4, -0.2) is 12.5 Å². The van der Waals surface area contributed by atoms with Gasteiger partial charge in [-0.25, -0.2) is 0 Å². The van der Waals surface area contributed by atoms with Crippen LogP contribution in [0.15, 0.2) is 18.2 Å². The SMILES string of the molecule is CC(N)c1ccc2c(c1)OC(F)C(F)(F)O2. The minimum atomic E-state index is -3.96. The highest BCUT2D eigenvalue weighted by Crippen LogP contribution is 2.41. The van der Waals surface area contributed by atoms with Gasteiger partial charge in [0.25, 0.3) is 0 Å². The van der Waals surface area contributed by atoms with Crippen molar-refractivity contribution in [3.8, 4) is 11.5 Å². The van der Waals surface area contributed by atoms with E-state index in [1.807, 2.05) is 0 Å². The summed E-state index contributed by atoms with van der Waals surface area (Å²) in [4.78, 5) is 0. The molecule has 16 heavy (non-hydrogen) atoms. The lowest BCUT2D eigenvalue weighted by Gasteiger charge is -2.28. The molecule has 0 fully saturated rings. The lowest BCUT2D eigenvalue weighted by molar-refractivity contribution is -0.281. The van der Waals surface area contributed by atoms with Crippen LogP contribution >= 0.6 is 0 Å². The van der Waals surface area contributed by atoms with Gasteiger partial charge in [-0.15, -0.1) is 0 Å². The average Bonchev–Trinajstić information content (AvgIpc) is 2.18. The topological polar surface area (TPSA) is 44.5 Å². The molecule has 0 aromatic heterocycles. The maximum Gasteiger partial charge on any atom is 0.468 e. The standard InChI is InChI=1S/C10H10F3NO2/c1-5(14)6-2-3-7-8(4-6)15-9(11)10(12,13)16-7/h2-5,9H,14H2,1H3. The van der Waals surface area contributed by atoms with Crippen LogP contribution in [0.3, 0.4) is 0 Å². The minimum absolute atomic E-state index is 0.0618. The van der Waals surface area contributed by atoms with E-state index in [9.17, 15) is 13.2 Å². The van der Waals surface area contributed by atoms with Gasteiger partial charge in [0.15, 0.2) is 11.5 Å². The maximum atomic E-state index is 12.8. The van der Waals surface area contributed by atoms with Gasteiger partial charge in [-0.2, -0.15) is 13.2 Å². The van der Waals surface area contributed by atoms with Gasteiger partial charge in [0.05, 0.1) is 0 Å². The number of benzene rings is 1. The van der Waals surface area contributed by atoms with Gasteiger partial charge in [0, 0.05) is 6.04 Å². The number of rotatable bonds is 1. The van der Waals surface area contributed by atoms with Gasteiger partial charge in [0.1, 0.15) is 0 Å². The summed E-state index contributed by atoms with van der Waals surface area (Å²) >= 11 is 0. The lowest BCUT2D eigenvalue weighted by atomic mass is 10.1. The van der Waals surface area contributed by atoms with E-state index in [0.29, 0.717) is 5.56 Å². The summed E-state index contributed by atoms with van der Waals surface area (Å²) in [5.74, 6) is -0.253. The molecule has 0 saturated carbocycles. The molecule has 0 amide bonds. The number of hydrogen-bond acceptors (Lipinski definition) is 3. The molecule has 1 aromatic rings. The van der Waals surface area contributed by atoms with E-state index in [1.54, 1.807) is 6.92 Å². The van der Waals surface area contributed by atoms with Crippen molar-refractivity contribution in [3.05, 3.63) is 23.8 Å². The fourth-order valence-corrected chi connectivity index (χ4v) is 1.36. The molecular formula is C10H10F3NO2. The summed E-state index contributed by atoms with van der Waals surface area (Å²) in [6, 6.07) is 3.91. The Kier molecular flexibility index (Phi) is 2.46. The van der Waals surface area contributed by atoms with E-state index >= 15 is 0 Å². The maximum absolute atomic E-state index is 12.8. The molecule has 1 heterocycles. The van der Waals surface area contributed by atoms with Crippen LogP contribution < -0.4 is 15.2 Å². The van der Waals surface area contributed by atoms with E-state index in [1.165, 1.54) is 18.2 Å². The summed E-state index contributed by atoms with van der Waals surface area (Å²) < 4.78 is 47.1. The Hall–Kier alpha value is -1.43. The van der Waals surface area contributed by atoms with Gasteiger partial charge in [-0.3, -0.25) is 0 Å². The third-order valence-electron chi connectivity index (χ3n) is 2.23. The number of nitrogens with two attached hydrogens (primary N) is 1. The summed E-state index contributed by atoms with van der Waals surface area (Å²) in [6.45, 7) is 1.72. The molecule has 2 N–H and O–H groups in total. The van der Waals surface area contributed by atoms with Gasteiger partial charge >= 0.3 is 12.5 Å². The van der Waals surface area contributed by atoms with Crippen LogP contribution in [0.2, 0.25) is 0 Å². The number of fused-ring (bicyclic) bond motifs is 1. The second kappa shape index (κ2) is 3.55. The van der Waals surface area contributed by atoms with Crippen LogP contribution in [0.4, 0.5) is 13.2 Å². The molecule has 0 bridgehead atoms. The monoisotopic (exact) mass is 233 g/mol. The van der Waals surface area contributed by atoms with Gasteiger partial charge < -0.3 is 15.2 Å². The molecule has 0 aliphatic carbocycles. The molecule has 2 atom stereocenters. The zero-order chi connectivity index (χ0) is 11.9. The first-order valence-electron chi connectivity index (χ1n) is 4.67. The van der Waals surface area contributed by atoms with E-state index < -0.39 is 12.5 Å². The third kappa shape index (κ3) is 1.80. The Morgan fingerprint density at radius 2 is 2.06 bits per heavy atom. The summed E-state index contributed by atoms with van der Waals surface area (Å²) in [5, 5.41) is 0. The molecule has 0 saturated heterocycles. The molecule has 3 nitrogen and oxygen atoms in total. The van der Waals surface area contributed by atoms with Crippen molar-refractivity contribution in [1.29, 1.82) is 0 Å². The largest absolute Gasteiger partial charge is 0.468 e. The molecule has 2 rings (SSSR count). The van der Waals surface area contributed by atoms with Crippen LogP contribution in [0.1, 0.15) is 18.5 Å². The van der Waals surface area contributed by atoms with Crippen molar-refractivity contribution in [3.63, 3.8) is 0 Å². The van der Waals surface area contributed by atoms with Gasteiger partial charge in [-0.05, 0) is 24.6 Å². The number of ether oxygens (including phenoxy) is 2. The summed E-state index contributed by atoms with van der Waals surface area (Å²) in [5.41, 5.74) is 6.25. The Morgan fingerprint density at radius 3 is 2.69 bits per heavy atom. The molecule has 0 radical (unpaired) electrons. The summed E-state index contributed by atoms with van der Waals surface area (Å²) in [7, 11) is 0. The Bertz CT molecular complexity index is 409. The number of halogens is 3. The summed E-state index contributed by atoms with van der Waals surface area (Å²) in [6.07, 6.45) is -6.76. The Balaban J connectivity index is 2.37. The Labute approximate surface area is 89.9 Å². The normalized spacial score (nSPS) is 23.9. The third-order valence-corrected chi connectivity index (χ3v) is 2.23. The van der Waals surface area contributed by atoms with Crippen molar-refractivity contribution >= 4 is 0 Å². The van der Waals surface area contributed by atoms with E-state index in [4.69, 9.17) is 5.73 Å². The first-order valence-corrected chi connectivity index (χ1v) is 4.67. The molecule has 1 aliphatic rings. The Morgan fingerprint density at radius 1 is 1.38 bits per heavy atom. The molecule has 2 unspecified atom stereocenters. The quantitative estimate of drug-likeness (QED) is 0.809. The predicted octanol–water partition coefficient (Wildman–Crippen LogP) is 2.37. The molecular weight excluding hydrogens is 223 g/mol. The highest BCUT2D eigenvalue weighted by molar-refractivity contribution is 5.45. The zero-order valence-corrected chi connectivity index (χ0v) is 8.41. The van der Waals surface area contributed by atoms with E-state index in [2.05, 4.69) is 9.47 Å². The van der Waals surface area contributed by atoms with Crippen molar-refractivity contribution in [2.75, 3.05) is 0 Å². The van der Waals surface area contributed by atoms with Crippen molar-refractivity contribution in [2.45, 2.75) is 25.4 Å². The van der Waals surface area contributed by atoms with Crippen LogP contribution in [0, 0.1) is 0 Å². The van der Waals surface area contributed by atoms with Gasteiger partial charge in [0.2, 0.25) is 0 Å². The van der Waals surface area contributed by atoms with Crippen LogP contribution in [0.25, 0.3) is 0 Å². The van der Waals surface area contributed by atoms with Gasteiger partial charge in [-0.1, -0.05) is 6.07 Å². The fourth-order valence-electron chi connectivity index (χ4n) is 1.36. The number of alkyl halides is 3. The van der Waals surface area contributed by atoms with Crippen LogP contribution in [-0.2, 0) is 0 Å². The molecule has 88 valence electrons. The van der Waals surface area contributed by atoms with E-state index in [-0.39, 0.29) is 17.5 Å². The fraction of sp³-hybridized carbons (Fsp3) is 0.400. The van der Waals surface area contributed by atoms with Crippen molar-refractivity contribution in [2.24, 2.45) is 5.73 Å². The van der Waals surface area contributed by atoms with E-state index in [0.717, 1.165) is 0 Å². The number of hydrogen-bond donors (Lipinski definition) is 1. The molecule has 1 aliphatic heterocycles. The van der Waals surface area contributed by atoms with Crippen molar-refractivity contribution < 1.29 is 22.6 Å². The second-order valence-corrected chi connectivity index (χ2v) is 3.59. The van der Waals surface area contributed by atoms with Crippen molar-refractivity contribution in [1.82, 2.24) is 0 Å². The molecule has 1 aromatic carbocycles. The average molecular weight is 233 g/mol. The zero-order valence-electron chi connectivity index (χ0n) is 8.41. The molecule has 6 heteroatoms. The highest BCUT2D eigenvalue weighted by atomic mass is 19.3. The lowest BCUT2D eigenvalue weighted by Crippen LogP contribution is -2.43. The molecule has 0 spiro atoms. The highest BCUT2D eigenvalue weighted by Gasteiger charge is 2.49. The smallest absolute Gasteiger partial charge is 0.447 e. The predicted molar refractivity (Wildman–Crippen MR) is 50.1 cm³/mol. The first-order chi connectivity index (χ1) is 7.40. The minimum Gasteiger partial charge on any atom is -0.447 e. The van der Waals surface area contributed by atoms with Crippen LogP contribution in [0.5, 0.6) is 11.5 Å². The second-order valence-electron chi connectivity index (χ2n) is 3.59.